The van der Waals surface area contributed by atoms with Gasteiger partial charge in [0.05, 0.1) is 10.2 Å². The lowest BCUT2D eigenvalue weighted by atomic mass is 10.3. The van der Waals surface area contributed by atoms with E-state index in [9.17, 15) is 4.79 Å². The van der Waals surface area contributed by atoms with Gasteiger partial charge in [-0.15, -0.1) is 0 Å². The van der Waals surface area contributed by atoms with E-state index in [0.717, 1.165) is 10.2 Å². The Labute approximate surface area is 101 Å². The van der Waals surface area contributed by atoms with Crippen LogP contribution in [0, 0.1) is 0 Å². The quantitative estimate of drug-likeness (QED) is 0.917. The molecule has 84 valence electrons. The molecular formula is C10H9ClN2O2S. The molecule has 1 aromatic heterocycles. The number of nitrogens with zero attached hydrogens (tertiary/aromatic N) is 2. The van der Waals surface area contributed by atoms with E-state index in [2.05, 4.69) is 4.98 Å². The summed E-state index contributed by atoms with van der Waals surface area (Å²) in [6, 6.07) is 5.42. The predicted molar refractivity (Wildman–Crippen MR) is 65.5 cm³/mol. The van der Waals surface area contributed by atoms with Crippen LogP contribution in [0.5, 0.6) is 0 Å². The summed E-state index contributed by atoms with van der Waals surface area (Å²) in [4.78, 5) is 16.5. The second-order valence-electron chi connectivity index (χ2n) is 3.36. The van der Waals surface area contributed by atoms with Crippen molar-refractivity contribution in [2.24, 2.45) is 0 Å². The highest BCUT2D eigenvalue weighted by Crippen LogP contribution is 2.29. The van der Waals surface area contributed by atoms with Crippen molar-refractivity contribution in [3.63, 3.8) is 0 Å². The smallest absolute Gasteiger partial charge is 0.323 e. The van der Waals surface area contributed by atoms with Crippen LogP contribution in [0.15, 0.2) is 18.2 Å². The van der Waals surface area contributed by atoms with Crippen LogP contribution in [0.1, 0.15) is 0 Å². The lowest BCUT2D eigenvalue weighted by molar-refractivity contribution is -0.135. The summed E-state index contributed by atoms with van der Waals surface area (Å²) in [7, 11) is 1.70. The summed E-state index contributed by atoms with van der Waals surface area (Å²) < 4.78 is 0.958. The van der Waals surface area contributed by atoms with Crippen molar-refractivity contribution >= 4 is 44.3 Å². The van der Waals surface area contributed by atoms with E-state index in [4.69, 9.17) is 16.7 Å². The maximum absolute atomic E-state index is 10.6. The van der Waals surface area contributed by atoms with E-state index in [1.165, 1.54) is 11.3 Å². The van der Waals surface area contributed by atoms with E-state index in [0.29, 0.717) is 10.2 Å². The molecule has 0 saturated carbocycles. The maximum Gasteiger partial charge on any atom is 0.323 e. The van der Waals surface area contributed by atoms with Crippen molar-refractivity contribution in [2.45, 2.75) is 0 Å². The monoisotopic (exact) mass is 256 g/mol. The van der Waals surface area contributed by atoms with Crippen LogP contribution in [0.25, 0.3) is 10.2 Å². The third kappa shape index (κ3) is 2.25. The van der Waals surface area contributed by atoms with E-state index in [1.54, 1.807) is 18.0 Å². The minimum absolute atomic E-state index is 0.0620. The van der Waals surface area contributed by atoms with Crippen LogP contribution >= 0.6 is 22.9 Å². The van der Waals surface area contributed by atoms with Crippen molar-refractivity contribution in [1.29, 1.82) is 0 Å². The topological polar surface area (TPSA) is 53.4 Å². The molecule has 0 spiro atoms. The first-order valence-electron chi connectivity index (χ1n) is 4.55. The first-order valence-corrected chi connectivity index (χ1v) is 5.75. The van der Waals surface area contributed by atoms with Gasteiger partial charge in [-0.05, 0) is 18.2 Å². The number of thiazole rings is 1. The molecule has 0 radical (unpaired) electrons. The van der Waals surface area contributed by atoms with Crippen LogP contribution < -0.4 is 4.90 Å². The van der Waals surface area contributed by atoms with E-state index >= 15 is 0 Å². The standard InChI is InChI=1S/C10H9ClN2O2S/c1-13(5-9(14)15)10-12-7-3-2-6(11)4-8(7)16-10/h2-4H,5H2,1H3,(H,14,15). The van der Waals surface area contributed by atoms with Gasteiger partial charge >= 0.3 is 5.97 Å². The maximum atomic E-state index is 10.6. The van der Waals surface area contributed by atoms with Gasteiger partial charge in [-0.25, -0.2) is 4.98 Å². The van der Waals surface area contributed by atoms with Crippen LogP contribution in [0.2, 0.25) is 5.02 Å². The molecule has 1 heterocycles. The van der Waals surface area contributed by atoms with Crippen molar-refractivity contribution < 1.29 is 9.90 Å². The first-order chi connectivity index (χ1) is 7.56. The van der Waals surface area contributed by atoms with Gasteiger partial charge in [0.25, 0.3) is 0 Å². The predicted octanol–water partition coefficient (Wildman–Crippen LogP) is 2.47. The fourth-order valence-electron chi connectivity index (χ4n) is 1.32. The van der Waals surface area contributed by atoms with E-state index in [1.807, 2.05) is 12.1 Å². The lowest BCUT2D eigenvalue weighted by Gasteiger charge is -2.11. The Morgan fingerprint density at radius 2 is 2.38 bits per heavy atom. The van der Waals surface area contributed by atoms with Gasteiger partial charge in [0.2, 0.25) is 0 Å². The number of halogens is 1. The molecule has 4 nitrogen and oxygen atoms in total. The molecule has 0 fully saturated rings. The van der Waals surface area contributed by atoms with Crippen LogP contribution in [0.3, 0.4) is 0 Å². The molecule has 0 aliphatic carbocycles. The number of hydrogen-bond donors (Lipinski definition) is 1. The number of aliphatic carboxylic acids is 1. The first kappa shape index (κ1) is 11.2. The zero-order chi connectivity index (χ0) is 11.7. The zero-order valence-corrected chi connectivity index (χ0v) is 10.0. The molecule has 16 heavy (non-hydrogen) atoms. The minimum Gasteiger partial charge on any atom is -0.480 e. The second kappa shape index (κ2) is 4.27. The molecule has 0 saturated heterocycles. The summed E-state index contributed by atoms with van der Waals surface area (Å²) in [5, 5.41) is 10.0. The molecule has 0 amide bonds. The summed E-state index contributed by atoms with van der Waals surface area (Å²) in [6.45, 7) is -0.0620. The molecule has 0 aliphatic rings. The van der Waals surface area contributed by atoms with Gasteiger partial charge in [-0.1, -0.05) is 22.9 Å². The normalized spacial score (nSPS) is 10.6. The van der Waals surface area contributed by atoms with Crippen LogP contribution in [-0.2, 0) is 4.79 Å². The van der Waals surface area contributed by atoms with Gasteiger partial charge in [0.15, 0.2) is 5.13 Å². The number of hydrogen-bond acceptors (Lipinski definition) is 4. The largest absolute Gasteiger partial charge is 0.480 e. The van der Waals surface area contributed by atoms with Crippen molar-refractivity contribution in [3.05, 3.63) is 23.2 Å². The fourth-order valence-corrected chi connectivity index (χ4v) is 2.52. The highest BCUT2D eigenvalue weighted by atomic mass is 35.5. The van der Waals surface area contributed by atoms with E-state index in [-0.39, 0.29) is 6.54 Å². The van der Waals surface area contributed by atoms with Gasteiger partial charge in [-0.2, -0.15) is 0 Å². The Hall–Kier alpha value is -1.33. The number of aromatic nitrogens is 1. The second-order valence-corrected chi connectivity index (χ2v) is 4.80. The molecular weight excluding hydrogens is 248 g/mol. The summed E-state index contributed by atoms with van der Waals surface area (Å²) in [5.41, 5.74) is 0.835. The summed E-state index contributed by atoms with van der Waals surface area (Å²) in [6.07, 6.45) is 0. The van der Waals surface area contributed by atoms with Gasteiger partial charge in [-0.3, -0.25) is 4.79 Å². The molecule has 0 aliphatic heterocycles. The van der Waals surface area contributed by atoms with Crippen molar-refractivity contribution in [3.8, 4) is 0 Å². The number of anilines is 1. The molecule has 1 N–H and O–H groups in total. The molecule has 2 aromatic rings. The summed E-state index contributed by atoms with van der Waals surface area (Å²) in [5.74, 6) is -0.875. The zero-order valence-electron chi connectivity index (χ0n) is 8.48. The molecule has 6 heteroatoms. The summed E-state index contributed by atoms with van der Waals surface area (Å²) >= 11 is 7.29. The van der Waals surface area contributed by atoms with E-state index < -0.39 is 5.97 Å². The van der Waals surface area contributed by atoms with Crippen LogP contribution in [0.4, 0.5) is 5.13 Å². The third-order valence-corrected chi connectivity index (χ3v) is 3.41. The Morgan fingerprint density at radius 3 is 3.06 bits per heavy atom. The number of benzene rings is 1. The average molecular weight is 257 g/mol. The number of carboxylic acid groups (broad SMARTS) is 1. The van der Waals surface area contributed by atoms with Gasteiger partial charge in [0, 0.05) is 12.1 Å². The number of rotatable bonds is 3. The Kier molecular flexibility index (Phi) is 2.98. The van der Waals surface area contributed by atoms with Gasteiger partial charge in [0.1, 0.15) is 6.54 Å². The Balaban J connectivity index is 2.35. The molecule has 2 rings (SSSR count). The highest BCUT2D eigenvalue weighted by molar-refractivity contribution is 7.22. The lowest BCUT2D eigenvalue weighted by Crippen LogP contribution is -2.24. The number of fused-ring (bicyclic) bond motifs is 1. The Bertz CT molecular complexity index is 541. The molecule has 0 atom stereocenters. The average Bonchev–Trinajstić information content (AvgIpc) is 2.59. The highest BCUT2D eigenvalue weighted by Gasteiger charge is 2.11. The number of carboxylic acids is 1. The minimum atomic E-state index is -0.875. The third-order valence-electron chi connectivity index (χ3n) is 2.04. The van der Waals surface area contributed by atoms with Crippen molar-refractivity contribution in [2.75, 3.05) is 18.5 Å². The number of carbonyl (C=O) groups is 1. The SMILES string of the molecule is CN(CC(=O)O)c1nc2ccc(Cl)cc2s1. The molecule has 0 unspecified atom stereocenters. The van der Waals surface area contributed by atoms with Gasteiger partial charge < -0.3 is 10.0 Å². The fraction of sp³-hybridized carbons (Fsp3) is 0.200. The molecule has 1 aromatic carbocycles. The Morgan fingerprint density at radius 1 is 1.62 bits per heavy atom. The van der Waals surface area contributed by atoms with Crippen molar-refractivity contribution in [1.82, 2.24) is 4.98 Å². The number of likely N-dealkylation sites (N-methyl/N-ethyl adjacent to an activating group) is 1. The molecule has 0 bridgehead atoms. The van der Waals surface area contributed by atoms with Crippen LogP contribution in [-0.4, -0.2) is 29.7 Å².